The molecule has 1 aromatic heterocycles. The maximum Gasteiger partial charge on any atom is 0.238 e. The number of fused-ring (bicyclic) bond motifs is 2. The lowest BCUT2D eigenvalue weighted by atomic mass is 10.2. The van der Waals surface area contributed by atoms with E-state index in [1.54, 1.807) is 23.3 Å². The molecule has 2 aromatic carbocycles. The number of nitrogens with one attached hydrogen (secondary N) is 1. The smallest absolute Gasteiger partial charge is 0.238 e. The van der Waals surface area contributed by atoms with Crippen molar-refractivity contribution in [3.05, 3.63) is 53.5 Å². The minimum absolute atomic E-state index is 0.0613. The second-order valence-corrected chi connectivity index (χ2v) is 8.80. The molecular formula is C20H19N3O2S2. The molecule has 7 heteroatoms. The number of aromatic nitrogens is 1. The number of carbonyl (C=O) groups is 2. The number of benzene rings is 2. The van der Waals surface area contributed by atoms with Crippen molar-refractivity contribution in [1.82, 2.24) is 9.88 Å². The fraction of sp³-hybridized carbons (Fsp3) is 0.250. The van der Waals surface area contributed by atoms with Crippen LogP contribution < -0.4 is 5.32 Å². The lowest BCUT2D eigenvalue weighted by Crippen LogP contribution is -2.36. The monoisotopic (exact) mass is 397 g/mol. The number of amides is 2. The molecule has 0 spiro atoms. The highest BCUT2D eigenvalue weighted by atomic mass is 32.2. The minimum atomic E-state index is -0.419. The Morgan fingerprint density at radius 1 is 1.22 bits per heavy atom. The molecule has 138 valence electrons. The third-order valence-electron chi connectivity index (χ3n) is 4.71. The van der Waals surface area contributed by atoms with Crippen LogP contribution in [-0.2, 0) is 9.59 Å². The maximum absolute atomic E-state index is 12.8. The summed E-state index contributed by atoms with van der Waals surface area (Å²) in [5.41, 5.74) is 1.76. The van der Waals surface area contributed by atoms with E-state index in [-0.39, 0.29) is 24.3 Å². The number of hydrogen-bond donors (Lipinski definition) is 1. The van der Waals surface area contributed by atoms with Crippen LogP contribution in [0, 0.1) is 0 Å². The van der Waals surface area contributed by atoms with E-state index >= 15 is 0 Å². The third kappa shape index (κ3) is 3.57. The van der Waals surface area contributed by atoms with Crippen molar-refractivity contribution in [2.45, 2.75) is 29.5 Å². The number of rotatable bonds is 4. The number of hydrogen-bond acceptors (Lipinski definition) is 5. The van der Waals surface area contributed by atoms with Gasteiger partial charge in [-0.1, -0.05) is 24.3 Å². The average molecular weight is 398 g/mol. The summed E-state index contributed by atoms with van der Waals surface area (Å²) in [6.45, 7) is 1.97. The zero-order chi connectivity index (χ0) is 19.0. The second-order valence-electron chi connectivity index (χ2n) is 6.50. The summed E-state index contributed by atoms with van der Waals surface area (Å²) in [6.07, 6.45) is 0.163. The molecule has 1 aliphatic rings. The van der Waals surface area contributed by atoms with Gasteiger partial charge in [0.25, 0.3) is 0 Å². The Labute approximate surface area is 165 Å². The molecule has 27 heavy (non-hydrogen) atoms. The van der Waals surface area contributed by atoms with Gasteiger partial charge in [0.05, 0.1) is 27.2 Å². The summed E-state index contributed by atoms with van der Waals surface area (Å²) < 4.78 is 1.11. The van der Waals surface area contributed by atoms with Crippen LogP contribution in [0.25, 0.3) is 10.2 Å². The van der Waals surface area contributed by atoms with Crippen molar-refractivity contribution in [2.24, 2.45) is 0 Å². The Balaban J connectivity index is 1.46. The molecule has 4 rings (SSSR count). The van der Waals surface area contributed by atoms with Gasteiger partial charge in [-0.25, -0.2) is 4.98 Å². The molecule has 0 unspecified atom stereocenters. The molecule has 0 aliphatic carbocycles. The van der Waals surface area contributed by atoms with Gasteiger partial charge in [0.1, 0.15) is 5.01 Å². The highest BCUT2D eigenvalue weighted by Gasteiger charge is 2.31. The van der Waals surface area contributed by atoms with Crippen molar-refractivity contribution >= 4 is 50.8 Å². The average Bonchev–Trinajstić information content (AvgIpc) is 3.11. The lowest BCUT2D eigenvalue weighted by molar-refractivity contribution is -0.133. The predicted octanol–water partition coefficient (Wildman–Crippen LogP) is 4.32. The van der Waals surface area contributed by atoms with E-state index < -0.39 is 5.25 Å². The van der Waals surface area contributed by atoms with Gasteiger partial charge >= 0.3 is 0 Å². The van der Waals surface area contributed by atoms with E-state index in [9.17, 15) is 9.59 Å². The summed E-state index contributed by atoms with van der Waals surface area (Å²) in [4.78, 5) is 32.5. The zero-order valence-electron chi connectivity index (χ0n) is 15.0. The molecule has 0 saturated carbocycles. The third-order valence-corrected chi connectivity index (χ3v) is 7.19. The molecule has 0 saturated heterocycles. The summed E-state index contributed by atoms with van der Waals surface area (Å²) in [5.74, 6) is -0.179. The van der Waals surface area contributed by atoms with E-state index in [1.165, 1.54) is 11.8 Å². The van der Waals surface area contributed by atoms with Crippen LogP contribution in [0.2, 0.25) is 0 Å². The number of anilines is 1. The number of para-hydroxylation sites is 2. The molecule has 1 aliphatic heterocycles. The van der Waals surface area contributed by atoms with Crippen molar-refractivity contribution < 1.29 is 9.59 Å². The van der Waals surface area contributed by atoms with Crippen LogP contribution in [0.3, 0.4) is 0 Å². The van der Waals surface area contributed by atoms with Gasteiger partial charge in [-0.15, -0.1) is 23.1 Å². The van der Waals surface area contributed by atoms with Gasteiger partial charge in [0, 0.05) is 18.4 Å². The van der Waals surface area contributed by atoms with Gasteiger partial charge in [-0.3, -0.25) is 9.59 Å². The fourth-order valence-corrected chi connectivity index (χ4v) is 5.14. The van der Waals surface area contributed by atoms with E-state index in [1.807, 2.05) is 55.5 Å². The number of thioether (sulfide) groups is 1. The van der Waals surface area contributed by atoms with Gasteiger partial charge < -0.3 is 10.2 Å². The lowest BCUT2D eigenvalue weighted by Gasteiger charge is -2.27. The minimum Gasteiger partial charge on any atom is -0.337 e. The van der Waals surface area contributed by atoms with E-state index in [0.29, 0.717) is 0 Å². The first-order valence-corrected chi connectivity index (χ1v) is 10.4. The van der Waals surface area contributed by atoms with Gasteiger partial charge in [0.15, 0.2) is 0 Å². The summed E-state index contributed by atoms with van der Waals surface area (Å²) >= 11 is 3.05. The Bertz CT molecular complexity index is 984. The van der Waals surface area contributed by atoms with Crippen LogP contribution in [0.5, 0.6) is 0 Å². The van der Waals surface area contributed by atoms with Crippen LogP contribution >= 0.6 is 23.1 Å². The Morgan fingerprint density at radius 3 is 2.78 bits per heavy atom. The van der Waals surface area contributed by atoms with Gasteiger partial charge in [-0.05, 0) is 31.2 Å². The number of nitrogens with zero attached hydrogens (tertiary/aromatic N) is 2. The molecule has 0 bridgehead atoms. The summed E-state index contributed by atoms with van der Waals surface area (Å²) in [5, 5.41) is 3.37. The van der Waals surface area contributed by atoms with Crippen molar-refractivity contribution in [2.75, 3.05) is 12.4 Å². The standard InChI is InChI=1S/C20H19N3O2S2/c1-12(20-22-14-8-4-6-10-16(14)27-20)23(2)18(24)11-17-19(25)21-13-7-3-5-9-15(13)26-17/h3-10,12,17H,11H2,1-2H3,(H,21,25)/t12-,17+/m0/s1. The Kier molecular flexibility index (Phi) is 4.88. The number of thiazole rings is 1. The van der Waals surface area contributed by atoms with E-state index in [4.69, 9.17) is 0 Å². The van der Waals surface area contributed by atoms with Crippen LogP contribution in [0.15, 0.2) is 53.4 Å². The van der Waals surface area contributed by atoms with Crippen molar-refractivity contribution in [3.8, 4) is 0 Å². The molecule has 2 amide bonds. The fourth-order valence-electron chi connectivity index (χ4n) is 2.98. The maximum atomic E-state index is 12.8. The largest absolute Gasteiger partial charge is 0.337 e. The van der Waals surface area contributed by atoms with E-state index in [0.717, 1.165) is 25.8 Å². The molecule has 2 heterocycles. The zero-order valence-corrected chi connectivity index (χ0v) is 16.6. The highest BCUT2D eigenvalue weighted by Crippen LogP contribution is 2.37. The quantitative estimate of drug-likeness (QED) is 0.712. The molecule has 0 fully saturated rings. The first-order chi connectivity index (χ1) is 13.0. The predicted molar refractivity (Wildman–Crippen MR) is 110 cm³/mol. The van der Waals surface area contributed by atoms with Crippen LogP contribution in [0.1, 0.15) is 24.4 Å². The normalized spacial score (nSPS) is 17.3. The van der Waals surface area contributed by atoms with Crippen molar-refractivity contribution in [3.63, 3.8) is 0 Å². The van der Waals surface area contributed by atoms with Crippen LogP contribution in [-0.4, -0.2) is 34.0 Å². The first-order valence-electron chi connectivity index (χ1n) is 8.70. The summed E-state index contributed by atoms with van der Waals surface area (Å²) in [6, 6.07) is 15.5. The topological polar surface area (TPSA) is 62.3 Å². The van der Waals surface area contributed by atoms with Crippen molar-refractivity contribution in [1.29, 1.82) is 0 Å². The first kappa shape index (κ1) is 18.0. The Hall–Kier alpha value is -2.38. The highest BCUT2D eigenvalue weighted by molar-refractivity contribution is 8.01. The molecular weight excluding hydrogens is 378 g/mol. The second kappa shape index (κ2) is 7.32. The Morgan fingerprint density at radius 2 is 1.96 bits per heavy atom. The van der Waals surface area contributed by atoms with Gasteiger partial charge in [0.2, 0.25) is 11.8 Å². The molecule has 0 radical (unpaired) electrons. The molecule has 3 aromatic rings. The molecule has 2 atom stereocenters. The van der Waals surface area contributed by atoms with Gasteiger partial charge in [-0.2, -0.15) is 0 Å². The van der Waals surface area contributed by atoms with E-state index in [2.05, 4.69) is 10.3 Å². The molecule has 1 N–H and O–H groups in total. The van der Waals surface area contributed by atoms with Crippen LogP contribution in [0.4, 0.5) is 5.69 Å². The number of carbonyl (C=O) groups excluding carboxylic acids is 2. The summed E-state index contributed by atoms with van der Waals surface area (Å²) in [7, 11) is 1.78. The SMILES string of the molecule is C[C@@H](c1nc2ccccc2s1)N(C)C(=O)C[C@H]1Sc2ccccc2NC1=O. The molecule has 5 nitrogen and oxygen atoms in total.